The lowest BCUT2D eigenvalue weighted by atomic mass is 11.9. The fourth-order valence-electron chi connectivity index (χ4n) is 1.35. The van der Waals surface area contributed by atoms with Crippen LogP contribution in [0.1, 0.15) is 0 Å². The molecule has 1 rings (SSSR count). The van der Waals surface area contributed by atoms with E-state index >= 15 is 0 Å². The average molecular weight is 255 g/mol. The molecule has 0 amide bonds. The minimum atomic E-state index is -1.98. The van der Waals surface area contributed by atoms with E-state index in [-0.39, 0.29) is 0 Å². The molecular formula is C5H18O4Si4. The summed E-state index contributed by atoms with van der Waals surface area (Å²) in [7, 11) is -6.23. The second-order valence-electron chi connectivity index (χ2n) is 4.02. The molecule has 8 heteroatoms. The number of hydrogen-bond donors (Lipinski definition) is 0. The van der Waals surface area contributed by atoms with Crippen LogP contribution in [0, 0.1) is 0 Å². The summed E-state index contributed by atoms with van der Waals surface area (Å²) in [5.74, 6) is 0. The highest BCUT2D eigenvalue weighted by atomic mass is 28.5. The molecule has 0 aromatic carbocycles. The summed E-state index contributed by atoms with van der Waals surface area (Å²) in [6, 6.07) is 0. The molecule has 0 aromatic heterocycles. The fourth-order valence-corrected chi connectivity index (χ4v) is 14.3. The van der Waals surface area contributed by atoms with Crippen molar-refractivity contribution in [1.82, 2.24) is 0 Å². The normalized spacial score (nSPS) is 35.3. The van der Waals surface area contributed by atoms with Crippen LogP contribution in [0.5, 0.6) is 0 Å². The molecule has 0 saturated carbocycles. The molecule has 4 nitrogen and oxygen atoms in total. The van der Waals surface area contributed by atoms with Crippen LogP contribution in [0.2, 0.25) is 32.7 Å². The monoisotopic (exact) mass is 254 g/mol. The zero-order chi connectivity index (χ0) is 10.1. The van der Waals surface area contributed by atoms with E-state index in [4.69, 9.17) is 16.5 Å². The maximum atomic E-state index is 5.96. The van der Waals surface area contributed by atoms with Crippen molar-refractivity contribution in [1.29, 1.82) is 0 Å². The second-order valence-corrected chi connectivity index (χ2v) is 15.2. The molecular weight excluding hydrogens is 236 g/mol. The Morgan fingerprint density at radius 3 is 2.31 bits per heavy atom. The van der Waals surface area contributed by atoms with Crippen molar-refractivity contribution in [2.45, 2.75) is 32.7 Å². The van der Waals surface area contributed by atoms with Gasteiger partial charge in [0.05, 0.1) is 0 Å². The lowest BCUT2D eigenvalue weighted by Gasteiger charge is -2.37. The fraction of sp³-hybridized carbons (Fsp3) is 1.00. The summed E-state index contributed by atoms with van der Waals surface area (Å²) in [5, 5.41) is 0. The van der Waals surface area contributed by atoms with Crippen molar-refractivity contribution < 1.29 is 16.5 Å². The van der Waals surface area contributed by atoms with Gasteiger partial charge in [-0.05, 0) is 32.7 Å². The van der Waals surface area contributed by atoms with E-state index in [1.165, 1.54) is 0 Å². The summed E-state index contributed by atoms with van der Waals surface area (Å²) in [6.45, 7) is 10.3. The quantitative estimate of drug-likeness (QED) is 0.584. The Morgan fingerprint density at radius 1 is 1.08 bits per heavy atom. The summed E-state index contributed by atoms with van der Waals surface area (Å²) in [6.07, 6.45) is 0. The van der Waals surface area contributed by atoms with E-state index in [2.05, 4.69) is 26.2 Å². The van der Waals surface area contributed by atoms with Crippen molar-refractivity contribution in [3.63, 3.8) is 0 Å². The van der Waals surface area contributed by atoms with Crippen molar-refractivity contribution >= 4 is 36.4 Å². The Labute approximate surface area is 85.9 Å². The molecule has 0 N–H and O–H groups in total. The van der Waals surface area contributed by atoms with Gasteiger partial charge >= 0.3 is 17.1 Å². The highest BCUT2D eigenvalue weighted by Gasteiger charge is 2.39. The molecule has 0 radical (unpaired) electrons. The topological polar surface area (TPSA) is 36.9 Å². The molecule has 1 aliphatic heterocycles. The third kappa shape index (κ3) is 4.16. The molecule has 1 saturated heterocycles. The first-order valence-electron chi connectivity index (χ1n) is 4.44. The predicted molar refractivity (Wildman–Crippen MR) is 60.9 cm³/mol. The Hall–Kier alpha value is 0.708. The Balaban J connectivity index is 2.65. The molecule has 0 aromatic rings. The molecule has 78 valence electrons. The molecule has 0 aliphatic carbocycles. The Bertz CT molecular complexity index is 185. The minimum absolute atomic E-state index is 0.853. The van der Waals surface area contributed by atoms with Gasteiger partial charge in [-0.1, -0.05) is 0 Å². The van der Waals surface area contributed by atoms with Crippen LogP contribution in [0.3, 0.4) is 0 Å². The van der Waals surface area contributed by atoms with Crippen LogP contribution in [-0.2, 0) is 16.5 Å². The number of rotatable bonds is 0. The predicted octanol–water partition coefficient (Wildman–Crippen LogP) is 0.319. The molecule has 0 spiro atoms. The van der Waals surface area contributed by atoms with Crippen molar-refractivity contribution in [2.24, 2.45) is 0 Å². The first-order chi connectivity index (χ1) is 5.81. The molecule has 13 heavy (non-hydrogen) atoms. The van der Waals surface area contributed by atoms with E-state index in [0.717, 1.165) is 0 Å². The molecule has 1 aliphatic rings. The molecule has 1 heterocycles. The summed E-state index contributed by atoms with van der Waals surface area (Å²) in [4.78, 5) is 0. The van der Waals surface area contributed by atoms with Gasteiger partial charge in [0.2, 0.25) is 0 Å². The maximum Gasteiger partial charge on any atom is 0.313 e. The highest BCUT2D eigenvalue weighted by Crippen LogP contribution is 2.19. The lowest BCUT2D eigenvalue weighted by molar-refractivity contribution is 0.275. The highest BCUT2D eigenvalue weighted by molar-refractivity contribution is 6.84. The van der Waals surface area contributed by atoms with Crippen molar-refractivity contribution in [2.75, 3.05) is 0 Å². The largest absolute Gasteiger partial charge is 0.423 e. The van der Waals surface area contributed by atoms with Crippen LogP contribution in [0.4, 0.5) is 0 Å². The van der Waals surface area contributed by atoms with Gasteiger partial charge in [-0.25, -0.2) is 0 Å². The van der Waals surface area contributed by atoms with Gasteiger partial charge in [0.15, 0.2) is 0 Å². The van der Waals surface area contributed by atoms with Crippen molar-refractivity contribution in [3.05, 3.63) is 0 Å². The van der Waals surface area contributed by atoms with Gasteiger partial charge in [-0.15, -0.1) is 0 Å². The summed E-state index contributed by atoms with van der Waals surface area (Å²) in [5.41, 5.74) is 0. The van der Waals surface area contributed by atoms with Crippen LogP contribution < -0.4 is 0 Å². The zero-order valence-corrected chi connectivity index (χ0v) is 13.5. The van der Waals surface area contributed by atoms with Gasteiger partial charge in [0.1, 0.15) is 0 Å². The Kier molecular flexibility index (Phi) is 3.68. The lowest BCUT2D eigenvalue weighted by Crippen LogP contribution is -2.54. The first-order valence-corrected chi connectivity index (χ1v) is 13.3. The third-order valence-electron chi connectivity index (χ3n) is 1.65. The van der Waals surface area contributed by atoms with Crippen LogP contribution >= 0.6 is 0 Å². The van der Waals surface area contributed by atoms with Gasteiger partial charge in [0, 0.05) is 0 Å². The average Bonchev–Trinajstić information content (AvgIpc) is 1.78. The number of hydrogen-bond acceptors (Lipinski definition) is 4. The maximum absolute atomic E-state index is 5.96. The standard InChI is InChI=1S/C5H18O4Si4/c1-11-6-10-7-12(2,3)9-13(4,5)8-11/h11H,10H2,1-5H3. The minimum Gasteiger partial charge on any atom is -0.423 e. The van der Waals surface area contributed by atoms with Crippen LogP contribution in [0.25, 0.3) is 0 Å². The molecule has 0 bridgehead atoms. The summed E-state index contributed by atoms with van der Waals surface area (Å²) >= 11 is 0. The van der Waals surface area contributed by atoms with Gasteiger partial charge in [-0.3, -0.25) is 0 Å². The SMILES string of the molecule is C[SiH]1O[SiH2]O[Si](C)(C)O[Si](C)(C)O1. The van der Waals surface area contributed by atoms with Gasteiger partial charge < -0.3 is 16.5 Å². The first kappa shape index (κ1) is 11.8. The van der Waals surface area contributed by atoms with E-state index in [1.807, 2.05) is 6.55 Å². The van der Waals surface area contributed by atoms with Crippen molar-refractivity contribution in [3.8, 4) is 0 Å². The van der Waals surface area contributed by atoms with Gasteiger partial charge in [-0.2, -0.15) is 0 Å². The van der Waals surface area contributed by atoms with E-state index in [9.17, 15) is 0 Å². The van der Waals surface area contributed by atoms with E-state index in [0.29, 0.717) is 0 Å². The summed E-state index contributed by atoms with van der Waals surface area (Å²) < 4.78 is 23.1. The smallest absolute Gasteiger partial charge is 0.313 e. The molecule has 1 atom stereocenters. The van der Waals surface area contributed by atoms with Gasteiger partial charge in [0.25, 0.3) is 19.3 Å². The third-order valence-corrected chi connectivity index (χ3v) is 14.9. The second kappa shape index (κ2) is 4.06. The van der Waals surface area contributed by atoms with E-state index < -0.39 is 36.4 Å². The van der Waals surface area contributed by atoms with Crippen LogP contribution in [-0.4, -0.2) is 36.4 Å². The zero-order valence-electron chi connectivity index (χ0n) is 8.92. The van der Waals surface area contributed by atoms with Crippen LogP contribution in [0.15, 0.2) is 0 Å². The molecule has 1 fully saturated rings. The molecule has 1 unspecified atom stereocenters. The Morgan fingerprint density at radius 2 is 1.69 bits per heavy atom. The van der Waals surface area contributed by atoms with E-state index in [1.54, 1.807) is 0 Å².